The second-order valence-corrected chi connectivity index (χ2v) is 9.16. The van der Waals surface area contributed by atoms with Gasteiger partial charge in [0.25, 0.3) is 0 Å². The molecule has 0 saturated carbocycles. The fraction of sp³-hybridized carbons (Fsp3) is 0.154. The number of nitrogens with zero attached hydrogens (tertiary/aromatic N) is 2. The molecule has 2 aromatic heterocycles. The topological polar surface area (TPSA) is 37.4 Å². The molecule has 2 atom stereocenters. The molecule has 1 N–H and O–H groups in total. The number of hydrogen-bond acceptors (Lipinski definition) is 4. The van der Waals surface area contributed by atoms with Crippen molar-refractivity contribution >= 4 is 34.4 Å². The summed E-state index contributed by atoms with van der Waals surface area (Å²) in [5, 5.41) is 6.35. The zero-order valence-electron chi connectivity index (χ0n) is 17.9. The summed E-state index contributed by atoms with van der Waals surface area (Å²) in [6.07, 6.45) is 1.83. The number of aromatic nitrogens is 1. The Hall–Kier alpha value is -3.22. The van der Waals surface area contributed by atoms with Gasteiger partial charge in [0.2, 0.25) is 0 Å². The molecule has 3 heterocycles. The molecular weight excluding hydrogens is 434 g/mol. The number of pyridine rings is 1. The molecule has 5 rings (SSSR count). The summed E-state index contributed by atoms with van der Waals surface area (Å²) >= 11 is 7.57. The van der Waals surface area contributed by atoms with Crippen LogP contribution in [0.15, 0.2) is 84.4 Å². The number of rotatable bonds is 5. The van der Waals surface area contributed by atoms with Gasteiger partial charge in [-0.25, -0.2) is 0 Å². The lowest BCUT2D eigenvalue weighted by Crippen LogP contribution is -2.29. The summed E-state index contributed by atoms with van der Waals surface area (Å²) in [6.45, 7) is 4.20. The first-order chi connectivity index (χ1) is 15.6. The molecule has 160 valence electrons. The minimum Gasteiger partial charge on any atom is -0.457 e. The van der Waals surface area contributed by atoms with Crippen LogP contribution in [0, 0.1) is 13.8 Å². The van der Waals surface area contributed by atoms with Gasteiger partial charge in [-0.3, -0.25) is 4.98 Å². The first-order valence-corrected chi connectivity index (χ1v) is 11.8. The maximum atomic E-state index is 6.09. The normalized spacial score (nSPS) is 17.9. The largest absolute Gasteiger partial charge is 0.457 e. The maximum absolute atomic E-state index is 6.09. The molecule has 6 heteroatoms. The van der Waals surface area contributed by atoms with Crippen LogP contribution >= 0.6 is 23.6 Å². The van der Waals surface area contributed by atoms with Crippen LogP contribution < -0.4 is 15.0 Å². The van der Waals surface area contributed by atoms with Crippen molar-refractivity contribution in [3.8, 4) is 11.5 Å². The van der Waals surface area contributed by atoms with E-state index in [9.17, 15) is 0 Å². The van der Waals surface area contributed by atoms with Gasteiger partial charge in [-0.05, 0) is 91.1 Å². The number of thiocarbonyl (C=S) groups is 1. The number of benzene rings is 2. The van der Waals surface area contributed by atoms with Gasteiger partial charge in [0.05, 0.1) is 17.8 Å². The molecule has 4 nitrogen and oxygen atoms in total. The Morgan fingerprint density at radius 1 is 0.938 bits per heavy atom. The molecule has 0 amide bonds. The quantitative estimate of drug-likeness (QED) is 0.336. The Morgan fingerprint density at radius 2 is 1.72 bits per heavy atom. The van der Waals surface area contributed by atoms with Crippen LogP contribution in [0.1, 0.15) is 33.8 Å². The van der Waals surface area contributed by atoms with Crippen LogP contribution in [0.4, 0.5) is 5.69 Å². The number of nitrogens with one attached hydrogen (secondary N) is 1. The molecule has 1 fully saturated rings. The molecule has 2 aromatic carbocycles. The van der Waals surface area contributed by atoms with E-state index in [1.165, 1.54) is 10.4 Å². The van der Waals surface area contributed by atoms with E-state index >= 15 is 0 Å². The van der Waals surface area contributed by atoms with Gasteiger partial charge in [0.1, 0.15) is 11.5 Å². The highest BCUT2D eigenvalue weighted by Crippen LogP contribution is 2.44. The molecule has 0 aliphatic carbocycles. The number of ether oxygens (including phenoxy) is 1. The van der Waals surface area contributed by atoms with Crippen molar-refractivity contribution in [2.45, 2.75) is 25.9 Å². The Bertz CT molecular complexity index is 1240. The van der Waals surface area contributed by atoms with Gasteiger partial charge in [0.15, 0.2) is 5.11 Å². The molecule has 0 unspecified atom stereocenters. The molecule has 1 aliphatic rings. The zero-order valence-corrected chi connectivity index (χ0v) is 19.5. The van der Waals surface area contributed by atoms with E-state index in [0.29, 0.717) is 5.11 Å². The lowest BCUT2D eigenvalue weighted by Gasteiger charge is -2.27. The van der Waals surface area contributed by atoms with Crippen molar-refractivity contribution < 1.29 is 4.74 Å². The van der Waals surface area contributed by atoms with Crippen LogP contribution in [-0.2, 0) is 0 Å². The van der Waals surface area contributed by atoms with Crippen molar-refractivity contribution in [1.29, 1.82) is 0 Å². The van der Waals surface area contributed by atoms with Crippen molar-refractivity contribution in [3.63, 3.8) is 0 Å². The standard InChI is InChI=1S/C26H23N3OS2/c1-17-7-3-4-9-22(17)30-20-12-10-19(11-13-20)29-24(25-18(2)14-16-32-25)23(28-26(29)31)21-8-5-6-15-27-21/h3-16,23-24H,1-2H3,(H,28,31)/t23-,24+/m0/s1. The minimum atomic E-state index is -0.0241. The molecule has 1 aliphatic heterocycles. The van der Waals surface area contributed by atoms with Crippen molar-refractivity contribution in [2.75, 3.05) is 4.90 Å². The lowest BCUT2D eigenvalue weighted by atomic mass is 10.0. The average Bonchev–Trinajstić information content (AvgIpc) is 3.39. The van der Waals surface area contributed by atoms with Crippen molar-refractivity contribution in [3.05, 3.63) is 106 Å². The third-order valence-corrected chi connectivity index (χ3v) is 7.11. The monoisotopic (exact) mass is 457 g/mol. The Morgan fingerprint density at radius 3 is 2.41 bits per heavy atom. The molecule has 32 heavy (non-hydrogen) atoms. The number of anilines is 1. The van der Waals surface area contributed by atoms with E-state index in [4.69, 9.17) is 17.0 Å². The molecule has 0 spiro atoms. The Balaban J connectivity index is 1.49. The highest BCUT2D eigenvalue weighted by atomic mass is 32.1. The van der Waals surface area contributed by atoms with Crippen molar-refractivity contribution in [1.82, 2.24) is 10.3 Å². The predicted molar refractivity (Wildman–Crippen MR) is 135 cm³/mol. The summed E-state index contributed by atoms with van der Waals surface area (Å²) in [5.74, 6) is 1.66. The zero-order chi connectivity index (χ0) is 22.1. The maximum Gasteiger partial charge on any atom is 0.174 e. The van der Waals surface area contributed by atoms with E-state index in [2.05, 4.69) is 51.8 Å². The van der Waals surface area contributed by atoms with Gasteiger partial charge in [-0.2, -0.15) is 0 Å². The lowest BCUT2D eigenvalue weighted by molar-refractivity contribution is 0.479. The molecule has 0 radical (unpaired) electrons. The second-order valence-electron chi connectivity index (χ2n) is 7.83. The minimum absolute atomic E-state index is 0.0241. The summed E-state index contributed by atoms with van der Waals surface area (Å²) in [5.41, 5.74) is 4.37. The third kappa shape index (κ3) is 3.87. The third-order valence-electron chi connectivity index (χ3n) is 5.70. The van der Waals surface area contributed by atoms with Crippen LogP contribution in [0.25, 0.3) is 0 Å². The smallest absolute Gasteiger partial charge is 0.174 e. The van der Waals surface area contributed by atoms with Gasteiger partial charge in [-0.15, -0.1) is 11.3 Å². The number of hydrogen-bond donors (Lipinski definition) is 1. The summed E-state index contributed by atoms with van der Waals surface area (Å²) < 4.78 is 6.09. The first kappa shape index (κ1) is 20.7. The predicted octanol–water partition coefficient (Wildman–Crippen LogP) is 6.73. The molecule has 0 bridgehead atoms. The Labute approximate surface area is 197 Å². The molecule has 4 aromatic rings. The van der Waals surface area contributed by atoms with Crippen LogP contribution in [0.3, 0.4) is 0 Å². The van der Waals surface area contributed by atoms with E-state index in [0.717, 1.165) is 28.4 Å². The van der Waals surface area contributed by atoms with Gasteiger partial charge in [0, 0.05) is 16.8 Å². The highest BCUT2D eigenvalue weighted by molar-refractivity contribution is 7.80. The SMILES string of the molecule is Cc1ccccc1Oc1ccc(N2C(=S)N[C@@H](c3ccccn3)[C@@H]2c2sccc2C)cc1. The van der Waals surface area contributed by atoms with E-state index in [1.54, 1.807) is 11.3 Å². The van der Waals surface area contributed by atoms with Crippen LogP contribution in [-0.4, -0.2) is 10.1 Å². The van der Waals surface area contributed by atoms with Crippen LogP contribution in [0.5, 0.6) is 11.5 Å². The fourth-order valence-electron chi connectivity index (χ4n) is 4.06. The fourth-order valence-corrected chi connectivity index (χ4v) is 5.46. The van der Waals surface area contributed by atoms with Gasteiger partial charge < -0.3 is 15.0 Å². The van der Waals surface area contributed by atoms with E-state index < -0.39 is 0 Å². The molecule has 1 saturated heterocycles. The summed E-state index contributed by atoms with van der Waals surface area (Å²) in [7, 11) is 0. The molecular formula is C26H23N3OS2. The number of thiophene rings is 1. The van der Waals surface area contributed by atoms with Gasteiger partial charge >= 0.3 is 0 Å². The van der Waals surface area contributed by atoms with Crippen molar-refractivity contribution in [2.24, 2.45) is 0 Å². The Kier molecular flexibility index (Phi) is 5.64. The summed E-state index contributed by atoms with van der Waals surface area (Å²) in [4.78, 5) is 8.10. The number of para-hydroxylation sites is 1. The first-order valence-electron chi connectivity index (χ1n) is 10.5. The summed E-state index contributed by atoms with van der Waals surface area (Å²) in [6, 6.07) is 24.3. The van der Waals surface area contributed by atoms with E-state index in [1.807, 2.05) is 61.7 Å². The van der Waals surface area contributed by atoms with E-state index in [-0.39, 0.29) is 12.1 Å². The average molecular weight is 458 g/mol. The second kappa shape index (κ2) is 8.73. The number of aryl methyl sites for hydroxylation is 2. The van der Waals surface area contributed by atoms with Crippen LogP contribution in [0.2, 0.25) is 0 Å². The van der Waals surface area contributed by atoms with Gasteiger partial charge in [-0.1, -0.05) is 24.3 Å². The highest BCUT2D eigenvalue weighted by Gasteiger charge is 2.41.